The van der Waals surface area contributed by atoms with E-state index in [0.29, 0.717) is 5.52 Å². The first-order chi connectivity index (χ1) is 6.20. The van der Waals surface area contributed by atoms with E-state index in [9.17, 15) is 4.79 Å². The summed E-state index contributed by atoms with van der Waals surface area (Å²) in [5.74, 6) is 0. The third-order valence-corrected chi connectivity index (χ3v) is 2.41. The number of aromatic nitrogens is 2. The fourth-order valence-corrected chi connectivity index (χ4v) is 1.64. The van der Waals surface area contributed by atoms with E-state index in [4.69, 9.17) is 5.11 Å². The van der Waals surface area contributed by atoms with Gasteiger partial charge >= 0.3 is 6.09 Å². The molecule has 0 unspecified atom stereocenters. The standard InChI is InChI=1S/C8H5BrN2O2/c9-6-3-10-4-7-5(6)1-2-11(7)8(12)13/h1-4H,(H,12,13). The van der Waals surface area contributed by atoms with Crippen LogP contribution in [0.5, 0.6) is 0 Å². The average Bonchev–Trinajstić information content (AvgIpc) is 2.48. The molecule has 0 aliphatic heterocycles. The maximum atomic E-state index is 10.7. The molecule has 0 amide bonds. The molecule has 13 heavy (non-hydrogen) atoms. The molecule has 2 heterocycles. The van der Waals surface area contributed by atoms with Crippen molar-refractivity contribution in [3.8, 4) is 0 Å². The number of halogens is 1. The molecule has 0 spiro atoms. The zero-order valence-electron chi connectivity index (χ0n) is 6.44. The number of pyridine rings is 1. The summed E-state index contributed by atoms with van der Waals surface area (Å²) in [4.78, 5) is 14.6. The van der Waals surface area contributed by atoms with Crippen molar-refractivity contribution >= 4 is 32.9 Å². The Morgan fingerprint density at radius 1 is 1.54 bits per heavy atom. The van der Waals surface area contributed by atoms with Gasteiger partial charge in [-0.05, 0) is 22.0 Å². The average molecular weight is 241 g/mol. The number of hydrogen-bond acceptors (Lipinski definition) is 2. The lowest BCUT2D eigenvalue weighted by molar-refractivity contribution is 0.197. The van der Waals surface area contributed by atoms with E-state index in [-0.39, 0.29) is 0 Å². The number of nitrogens with zero attached hydrogens (tertiary/aromatic N) is 2. The quantitative estimate of drug-likeness (QED) is 0.769. The van der Waals surface area contributed by atoms with E-state index in [0.717, 1.165) is 14.4 Å². The summed E-state index contributed by atoms with van der Waals surface area (Å²) in [7, 11) is 0. The van der Waals surface area contributed by atoms with Crippen LogP contribution in [0.15, 0.2) is 29.1 Å². The molecule has 0 fully saturated rings. The second-order valence-electron chi connectivity index (χ2n) is 2.52. The lowest BCUT2D eigenvalue weighted by Gasteiger charge is -1.97. The van der Waals surface area contributed by atoms with Crippen molar-refractivity contribution in [1.29, 1.82) is 0 Å². The molecule has 1 N–H and O–H groups in total. The van der Waals surface area contributed by atoms with Gasteiger partial charge in [0, 0.05) is 22.3 Å². The first-order valence-corrected chi connectivity index (χ1v) is 4.33. The summed E-state index contributed by atoms with van der Waals surface area (Å²) in [6, 6.07) is 1.73. The van der Waals surface area contributed by atoms with Gasteiger partial charge in [0.25, 0.3) is 0 Å². The van der Waals surface area contributed by atoms with Crippen LogP contribution in [0, 0.1) is 0 Å². The van der Waals surface area contributed by atoms with Gasteiger partial charge < -0.3 is 5.11 Å². The van der Waals surface area contributed by atoms with Crippen LogP contribution in [0.25, 0.3) is 10.9 Å². The minimum absolute atomic E-state index is 0.585. The van der Waals surface area contributed by atoms with Crippen LogP contribution in [0.3, 0.4) is 0 Å². The summed E-state index contributed by atoms with van der Waals surface area (Å²) in [5, 5.41) is 9.63. The van der Waals surface area contributed by atoms with Crippen LogP contribution in [0.4, 0.5) is 4.79 Å². The van der Waals surface area contributed by atoms with Gasteiger partial charge in [0.05, 0.1) is 11.7 Å². The van der Waals surface area contributed by atoms with Crippen molar-refractivity contribution in [2.24, 2.45) is 0 Å². The first kappa shape index (κ1) is 8.25. The van der Waals surface area contributed by atoms with Crippen molar-refractivity contribution < 1.29 is 9.90 Å². The molecule has 66 valence electrons. The molecule has 0 saturated heterocycles. The predicted octanol–water partition coefficient (Wildman–Crippen LogP) is 2.32. The van der Waals surface area contributed by atoms with E-state index < -0.39 is 6.09 Å². The summed E-state index contributed by atoms with van der Waals surface area (Å²) >= 11 is 3.29. The molecule has 0 saturated carbocycles. The van der Waals surface area contributed by atoms with Crippen molar-refractivity contribution in [3.63, 3.8) is 0 Å². The Bertz CT molecular complexity index is 478. The van der Waals surface area contributed by atoms with Crippen LogP contribution >= 0.6 is 15.9 Å². The highest BCUT2D eigenvalue weighted by molar-refractivity contribution is 9.10. The minimum atomic E-state index is -1.00. The van der Waals surface area contributed by atoms with Crippen LogP contribution in [-0.4, -0.2) is 20.8 Å². The fraction of sp³-hybridized carbons (Fsp3) is 0. The number of fused-ring (bicyclic) bond motifs is 1. The fourth-order valence-electron chi connectivity index (χ4n) is 1.19. The summed E-state index contributed by atoms with van der Waals surface area (Å²) < 4.78 is 1.93. The van der Waals surface area contributed by atoms with Gasteiger partial charge in [-0.2, -0.15) is 0 Å². The maximum absolute atomic E-state index is 10.7. The Morgan fingerprint density at radius 2 is 2.31 bits per heavy atom. The topological polar surface area (TPSA) is 55.1 Å². The predicted molar refractivity (Wildman–Crippen MR) is 50.9 cm³/mol. The third-order valence-electron chi connectivity index (χ3n) is 1.77. The minimum Gasteiger partial charge on any atom is -0.464 e. The zero-order chi connectivity index (χ0) is 9.42. The highest BCUT2D eigenvalue weighted by Crippen LogP contribution is 2.22. The summed E-state index contributed by atoms with van der Waals surface area (Å²) in [6.07, 6.45) is 3.65. The van der Waals surface area contributed by atoms with E-state index in [1.54, 1.807) is 12.3 Å². The highest BCUT2D eigenvalue weighted by atomic mass is 79.9. The Morgan fingerprint density at radius 3 is 3.00 bits per heavy atom. The Kier molecular flexibility index (Phi) is 1.81. The summed E-state index contributed by atoms with van der Waals surface area (Å²) in [6.45, 7) is 0. The summed E-state index contributed by atoms with van der Waals surface area (Å²) in [5.41, 5.74) is 0.585. The largest absolute Gasteiger partial charge is 0.464 e. The molecule has 5 heteroatoms. The lowest BCUT2D eigenvalue weighted by Crippen LogP contribution is -2.05. The van der Waals surface area contributed by atoms with E-state index in [2.05, 4.69) is 20.9 Å². The molecule has 0 atom stereocenters. The second-order valence-corrected chi connectivity index (χ2v) is 3.38. The zero-order valence-corrected chi connectivity index (χ0v) is 8.02. The van der Waals surface area contributed by atoms with E-state index in [1.165, 1.54) is 12.4 Å². The highest BCUT2D eigenvalue weighted by Gasteiger charge is 2.08. The number of rotatable bonds is 0. The molecule has 4 nitrogen and oxygen atoms in total. The molecule has 0 radical (unpaired) electrons. The molecule has 0 bridgehead atoms. The van der Waals surface area contributed by atoms with Gasteiger partial charge in [-0.15, -0.1) is 0 Å². The van der Waals surface area contributed by atoms with Crippen molar-refractivity contribution in [3.05, 3.63) is 29.1 Å². The van der Waals surface area contributed by atoms with Gasteiger partial charge in [0.15, 0.2) is 0 Å². The monoisotopic (exact) mass is 240 g/mol. The molecule has 0 aliphatic carbocycles. The number of carboxylic acid groups (broad SMARTS) is 1. The van der Waals surface area contributed by atoms with Gasteiger partial charge in [0.2, 0.25) is 0 Å². The molecular formula is C8H5BrN2O2. The van der Waals surface area contributed by atoms with E-state index in [1.807, 2.05) is 0 Å². The molecule has 2 aromatic rings. The Hall–Kier alpha value is -1.36. The van der Waals surface area contributed by atoms with Crippen LogP contribution < -0.4 is 0 Å². The maximum Gasteiger partial charge on any atom is 0.416 e. The van der Waals surface area contributed by atoms with Gasteiger partial charge in [-0.3, -0.25) is 9.55 Å². The second kappa shape index (κ2) is 2.85. The van der Waals surface area contributed by atoms with Crippen LogP contribution in [0.1, 0.15) is 0 Å². The third kappa shape index (κ3) is 1.21. The molecular weight excluding hydrogens is 236 g/mol. The van der Waals surface area contributed by atoms with Gasteiger partial charge in [-0.1, -0.05) is 0 Å². The van der Waals surface area contributed by atoms with Crippen LogP contribution in [-0.2, 0) is 0 Å². The smallest absolute Gasteiger partial charge is 0.416 e. The number of hydrogen-bond donors (Lipinski definition) is 1. The number of carbonyl (C=O) groups is 1. The van der Waals surface area contributed by atoms with E-state index >= 15 is 0 Å². The molecule has 2 aromatic heterocycles. The Labute approximate surface area is 81.9 Å². The van der Waals surface area contributed by atoms with Crippen molar-refractivity contribution in [1.82, 2.24) is 9.55 Å². The molecule has 2 rings (SSSR count). The molecule has 0 aromatic carbocycles. The lowest BCUT2D eigenvalue weighted by atomic mass is 10.3. The van der Waals surface area contributed by atoms with Crippen molar-refractivity contribution in [2.45, 2.75) is 0 Å². The normalized spacial score (nSPS) is 10.5. The van der Waals surface area contributed by atoms with Crippen molar-refractivity contribution in [2.75, 3.05) is 0 Å². The SMILES string of the molecule is O=C(O)n1ccc2c(Br)cncc21. The van der Waals surface area contributed by atoms with Gasteiger partial charge in [-0.25, -0.2) is 4.79 Å². The molecule has 0 aliphatic rings. The van der Waals surface area contributed by atoms with Gasteiger partial charge in [0.1, 0.15) is 0 Å². The Balaban J connectivity index is 2.83. The van der Waals surface area contributed by atoms with Crippen LogP contribution in [0.2, 0.25) is 0 Å². The first-order valence-electron chi connectivity index (χ1n) is 3.54.